The quantitative estimate of drug-likeness (QED) is 0.559. The zero-order valence-corrected chi connectivity index (χ0v) is 10.3. The van der Waals surface area contributed by atoms with E-state index in [0.29, 0.717) is 6.42 Å². The second kappa shape index (κ2) is 3.94. The van der Waals surface area contributed by atoms with Crippen LogP contribution in [-0.4, -0.2) is 22.8 Å². The van der Waals surface area contributed by atoms with Gasteiger partial charge in [0.15, 0.2) is 0 Å². The van der Waals surface area contributed by atoms with Crippen molar-refractivity contribution < 1.29 is 9.59 Å². The van der Waals surface area contributed by atoms with Gasteiger partial charge in [0, 0.05) is 0 Å². The fourth-order valence-corrected chi connectivity index (χ4v) is 3.73. The summed E-state index contributed by atoms with van der Waals surface area (Å²) < 4.78 is 0. The fraction of sp³-hybridized carbons (Fsp3) is 0.467. The number of fused-ring (bicyclic) bond motifs is 5. The topological polar surface area (TPSA) is 37.4 Å². The first kappa shape index (κ1) is 11.5. The van der Waals surface area contributed by atoms with Crippen LogP contribution in [0.2, 0.25) is 0 Å². The van der Waals surface area contributed by atoms with Crippen LogP contribution in [0, 0.1) is 23.7 Å². The van der Waals surface area contributed by atoms with Crippen LogP contribution >= 0.6 is 0 Å². The highest BCUT2D eigenvalue weighted by Crippen LogP contribution is 2.52. The zero-order valence-electron chi connectivity index (χ0n) is 10.3. The molecule has 94 valence electrons. The third-order valence-corrected chi connectivity index (χ3v) is 4.52. The minimum absolute atomic E-state index is 0.00593. The number of allylic oxidation sites excluding steroid dienone is 2. The number of imide groups is 1. The lowest BCUT2D eigenvalue weighted by atomic mass is 9.85. The summed E-state index contributed by atoms with van der Waals surface area (Å²) in [4.78, 5) is 26.3. The maximum Gasteiger partial charge on any atom is 0.234 e. The van der Waals surface area contributed by atoms with Gasteiger partial charge in [-0.15, -0.1) is 13.2 Å². The Morgan fingerprint density at radius 2 is 1.78 bits per heavy atom. The summed E-state index contributed by atoms with van der Waals surface area (Å²) in [5, 5.41) is 0. The first-order chi connectivity index (χ1) is 8.69. The van der Waals surface area contributed by atoms with Crippen LogP contribution in [0.5, 0.6) is 0 Å². The predicted octanol–water partition coefficient (Wildman–Crippen LogP) is 1.92. The van der Waals surface area contributed by atoms with E-state index in [1.807, 2.05) is 0 Å². The van der Waals surface area contributed by atoms with Crippen LogP contribution in [-0.2, 0) is 9.59 Å². The summed E-state index contributed by atoms with van der Waals surface area (Å²) in [6.45, 7) is 7.41. The molecule has 2 amide bonds. The molecule has 18 heavy (non-hydrogen) atoms. The van der Waals surface area contributed by atoms with Crippen molar-refractivity contribution in [1.82, 2.24) is 4.90 Å². The highest BCUT2D eigenvalue weighted by atomic mass is 16.2. The number of rotatable bonds is 4. The number of likely N-dealkylation sites (tertiary alicyclic amines) is 1. The van der Waals surface area contributed by atoms with E-state index in [-0.39, 0.29) is 41.5 Å². The van der Waals surface area contributed by atoms with Crippen molar-refractivity contribution in [1.29, 1.82) is 0 Å². The Balaban J connectivity index is 1.92. The monoisotopic (exact) mass is 243 g/mol. The van der Waals surface area contributed by atoms with Crippen molar-refractivity contribution in [2.24, 2.45) is 23.7 Å². The van der Waals surface area contributed by atoms with E-state index in [9.17, 15) is 9.59 Å². The maximum atomic E-state index is 12.5. The van der Waals surface area contributed by atoms with Gasteiger partial charge in [-0.25, -0.2) is 0 Å². The Morgan fingerprint density at radius 3 is 2.22 bits per heavy atom. The molecule has 0 aromatic carbocycles. The average Bonchev–Trinajstić information content (AvgIpc) is 3.02. The van der Waals surface area contributed by atoms with Crippen molar-refractivity contribution in [2.45, 2.75) is 18.9 Å². The zero-order chi connectivity index (χ0) is 12.9. The molecule has 1 saturated carbocycles. The lowest BCUT2D eigenvalue weighted by molar-refractivity contribution is -0.142. The van der Waals surface area contributed by atoms with E-state index in [2.05, 4.69) is 25.3 Å². The van der Waals surface area contributed by atoms with Gasteiger partial charge in [-0.3, -0.25) is 14.5 Å². The number of carbonyl (C=O) groups excluding carboxylic acids is 2. The normalized spacial score (nSPS) is 38.1. The van der Waals surface area contributed by atoms with Gasteiger partial charge in [0.25, 0.3) is 0 Å². The van der Waals surface area contributed by atoms with Crippen molar-refractivity contribution in [3.8, 4) is 0 Å². The summed E-state index contributed by atoms with van der Waals surface area (Å²) in [7, 11) is 0. The summed E-state index contributed by atoms with van der Waals surface area (Å²) in [6, 6.07) is -0.229. The van der Waals surface area contributed by atoms with Gasteiger partial charge < -0.3 is 0 Å². The SMILES string of the molecule is C=CCC(C=C)N1C(=O)C2C3C=CC(C3)C2C1=O. The Bertz CT molecular complexity index is 435. The molecule has 0 aromatic heterocycles. The molecule has 3 nitrogen and oxygen atoms in total. The standard InChI is InChI=1S/C15H17NO2/c1-3-5-11(4-2)16-14(17)12-9-6-7-10(8-9)13(12)15(16)18/h3-4,6-7,9-13H,1-2,5,8H2. The molecule has 2 fully saturated rings. The second-order valence-electron chi connectivity index (χ2n) is 5.37. The summed E-state index contributed by atoms with van der Waals surface area (Å²) >= 11 is 0. The number of hydrogen-bond donors (Lipinski definition) is 0. The molecule has 5 atom stereocenters. The van der Waals surface area contributed by atoms with E-state index in [1.165, 1.54) is 4.90 Å². The first-order valence-electron chi connectivity index (χ1n) is 6.47. The van der Waals surface area contributed by atoms with Gasteiger partial charge in [-0.2, -0.15) is 0 Å². The van der Waals surface area contributed by atoms with Crippen LogP contribution in [0.3, 0.4) is 0 Å². The minimum atomic E-state index is -0.229. The van der Waals surface area contributed by atoms with Crippen molar-refractivity contribution in [3.63, 3.8) is 0 Å². The van der Waals surface area contributed by atoms with Crippen molar-refractivity contribution in [3.05, 3.63) is 37.5 Å². The molecule has 3 rings (SSSR count). The smallest absolute Gasteiger partial charge is 0.234 e. The minimum Gasteiger partial charge on any atom is -0.275 e. The lowest BCUT2D eigenvalue weighted by Gasteiger charge is -2.24. The summed E-state index contributed by atoms with van der Waals surface area (Å²) in [5.74, 6) is 0.313. The van der Waals surface area contributed by atoms with Crippen LogP contribution in [0.1, 0.15) is 12.8 Å². The molecule has 3 heteroatoms. The van der Waals surface area contributed by atoms with E-state index in [1.54, 1.807) is 12.2 Å². The molecular weight excluding hydrogens is 226 g/mol. The molecule has 1 saturated heterocycles. The molecule has 1 aliphatic heterocycles. The van der Waals surface area contributed by atoms with E-state index in [4.69, 9.17) is 0 Å². The molecule has 0 N–H and O–H groups in total. The molecule has 3 aliphatic rings. The van der Waals surface area contributed by atoms with Crippen LogP contribution in [0.25, 0.3) is 0 Å². The molecule has 0 radical (unpaired) electrons. The van der Waals surface area contributed by atoms with Crippen molar-refractivity contribution in [2.75, 3.05) is 0 Å². The van der Waals surface area contributed by atoms with Gasteiger partial charge >= 0.3 is 0 Å². The maximum absolute atomic E-state index is 12.5. The molecule has 5 unspecified atom stereocenters. The summed E-state index contributed by atoms with van der Waals surface area (Å²) in [6.07, 6.45) is 9.18. The van der Waals surface area contributed by atoms with Gasteiger partial charge in [-0.05, 0) is 24.7 Å². The highest BCUT2D eigenvalue weighted by Gasteiger charge is 2.59. The van der Waals surface area contributed by atoms with Crippen LogP contribution in [0.4, 0.5) is 0 Å². The fourth-order valence-electron chi connectivity index (χ4n) is 3.73. The van der Waals surface area contributed by atoms with Crippen LogP contribution < -0.4 is 0 Å². The molecule has 2 bridgehead atoms. The molecular formula is C15H17NO2. The van der Waals surface area contributed by atoms with Gasteiger partial charge in [-0.1, -0.05) is 24.3 Å². The number of hydrogen-bond acceptors (Lipinski definition) is 2. The number of amides is 2. The van der Waals surface area contributed by atoms with Gasteiger partial charge in [0.1, 0.15) is 0 Å². The van der Waals surface area contributed by atoms with Gasteiger partial charge in [0.2, 0.25) is 11.8 Å². The highest BCUT2D eigenvalue weighted by molar-refractivity contribution is 6.06. The Labute approximate surface area is 107 Å². The Morgan fingerprint density at radius 1 is 1.22 bits per heavy atom. The Kier molecular flexibility index (Phi) is 2.51. The van der Waals surface area contributed by atoms with E-state index >= 15 is 0 Å². The molecule has 0 spiro atoms. The molecule has 1 heterocycles. The predicted molar refractivity (Wildman–Crippen MR) is 68.4 cm³/mol. The van der Waals surface area contributed by atoms with Crippen molar-refractivity contribution >= 4 is 11.8 Å². The third-order valence-electron chi connectivity index (χ3n) is 4.52. The van der Waals surface area contributed by atoms with Crippen LogP contribution in [0.15, 0.2) is 37.5 Å². The Hall–Kier alpha value is -1.64. The number of carbonyl (C=O) groups is 2. The number of nitrogens with zero attached hydrogens (tertiary/aromatic N) is 1. The summed E-state index contributed by atoms with van der Waals surface area (Å²) in [5.41, 5.74) is 0. The molecule has 0 aromatic rings. The second-order valence-corrected chi connectivity index (χ2v) is 5.37. The van der Waals surface area contributed by atoms with E-state index < -0.39 is 0 Å². The molecule has 2 aliphatic carbocycles. The third kappa shape index (κ3) is 1.30. The lowest BCUT2D eigenvalue weighted by Crippen LogP contribution is -2.40. The average molecular weight is 243 g/mol. The van der Waals surface area contributed by atoms with E-state index in [0.717, 1.165) is 6.42 Å². The largest absolute Gasteiger partial charge is 0.275 e. The first-order valence-corrected chi connectivity index (χ1v) is 6.47. The van der Waals surface area contributed by atoms with Gasteiger partial charge in [0.05, 0.1) is 17.9 Å².